The summed E-state index contributed by atoms with van der Waals surface area (Å²) in [5.41, 5.74) is 6.24. The topological polar surface area (TPSA) is 38.9 Å². The molecule has 0 unspecified atom stereocenters. The molecule has 0 aliphatic rings. The average Bonchev–Trinajstić information content (AvgIpc) is 3.36. The molecule has 6 aromatic rings. The van der Waals surface area contributed by atoms with Crippen molar-refractivity contribution in [3.05, 3.63) is 114 Å². The van der Waals surface area contributed by atoms with E-state index in [0.29, 0.717) is 33.2 Å². The minimum Gasteiger partial charge on any atom is -0.500 e. The number of hydrogen-bond donors (Lipinski definition) is 0. The zero-order valence-electron chi connectivity index (χ0n) is 27.6. The molecule has 0 spiro atoms. The van der Waals surface area contributed by atoms with Gasteiger partial charge in [0.05, 0.1) is 13.7 Å². The number of hydrogen-bond acceptors (Lipinski definition) is 3. The summed E-state index contributed by atoms with van der Waals surface area (Å²) >= 11 is 0. The van der Waals surface area contributed by atoms with E-state index in [4.69, 9.17) is 7.16 Å². The molecule has 43 heavy (non-hydrogen) atoms. The molecule has 0 N–H and O–H groups in total. The second-order valence-electron chi connectivity index (χ2n) is 11.9. The molecule has 0 saturated heterocycles. The maximum atomic E-state index is 14.2. The standard InChI is InChI=1S/C20H15FNO.C17H22NSi.Ir/c1-12(2)13-9-10-22-17(11-13)14-5-3-6-15-19-16(21)7-4-8-18(19)23-20(14)15;1-13(2)15-11-16(14-9-7-6-8-10-14)18-12-17(15)19(3,4)5;/h3-4,6-12H,1-2H3;6-9,11-13H,1-5H3;/q2*-1;/i12D;13D;. The third kappa shape index (κ3) is 7.04. The molecule has 0 atom stereocenters. The van der Waals surface area contributed by atoms with E-state index in [1.165, 1.54) is 11.3 Å². The van der Waals surface area contributed by atoms with Gasteiger partial charge < -0.3 is 14.4 Å². The first-order chi connectivity index (χ1) is 20.6. The van der Waals surface area contributed by atoms with Crippen LogP contribution in [0.4, 0.5) is 4.39 Å². The quantitative estimate of drug-likeness (QED) is 0.130. The fourth-order valence-corrected chi connectivity index (χ4v) is 6.57. The molecule has 6 heteroatoms. The van der Waals surface area contributed by atoms with Crippen LogP contribution in [0.15, 0.2) is 89.6 Å². The van der Waals surface area contributed by atoms with Crippen molar-refractivity contribution in [2.75, 3.05) is 0 Å². The molecule has 3 aromatic carbocycles. The molecule has 0 aliphatic heterocycles. The van der Waals surface area contributed by atoms with Crippen LogP contribution in [0.1, 0.15) is 53.4 Å². The summed E-state index contributed by atoms with van der Waals surface area (Å²) in [7, 11) is -1.50. The monoisotopic (exact) mass is 767 g/mol. The van der Waals surface area contributed by atoms with Crippen LogP contribution in [-0.4, -0.2) is 18.0 Å². The number of furan rings is 1. The largest absolute Gasteiger partial charge is 0.500 e. The third-order valence-corrected chi connectivity index (χ3v) is 9.25. The Morgan fingerprint density at radius 3 is 2.33 bits per heavy atom. The Bertz CT molecular complexity index is 1940. The SMILES string of the molecule is [2H]C(C)(C)c1cc(-c2[c-]cccc2)ncc1[Si](C)(C)C.[2H]C(C)(C)c1ccnc(-c2[c-]ccc3c2oc2cccc(F)c23)c1.[Ir]. The van der Waals surface area contributed by atoms with Crippen LogP contribution in [0.5, 0.6) is 0 Å². The summed E-state index contributed by atoms with van der Waals surface area (Å²) in [6, 6.07) is 28.3. The average molecular weight is 767 g/mol. The zero-order valence-corrected chi connectivity index (χ0v) is 29.0. The molecule has 0 fully saturated rings. The molecular weight excluding hydrogens is 728 g/mol. The Hall–Kier alpha value is -3.44. The van der Waals surface area contributed by atoms with E-state index < -0.39 is 19.9 Å². The number of pyridine rings is 2. The van der Waals surface area contributed by atoms with Crippen LogP contribution < -0.4 is 5.19 Å². The third-order valence-electron chi connectivity index (χ3n) is 7.24. The van der Waals surface area contributed by atoms with E-state index in [2.05, 4.69) is 47.8 Å². The summed E-state index contributed by atoms with van der Waals surface area (Å²) < 4.78 is 36.7. The van der Waals surface area contributed by atoms with Crippen LogP contribution >= 0.6 is 0 Å². The number of rotatable bonds is 5. The van der Waals surface area contributed by atoms with E-state index >= 15 is 0 Å². The molecule has 3 heterocycles. The Labute approximate surface area is 271 Å². The van der Waals surface area contributed by atoms with Crippen LogP contribution in [0, 0.1) is 17.9 Å². The maximum absolute atomic E-state index is 14.2. The maximum Gasteiger partial charge on any atom is 0.133 e. The summed E-state index contributed by atoms with van der Waals surface area (Å²) in [6.07, 6.45) is 3.66. The minimum atomic E-state index is -1.50. The van der Waals surface area contributed by atoms with Gasteiger partial charge in [0.15, 0.2) is 0 Å². The zero-order chi connectivity index (χ0) is 31.9. The Morgan fingerprint density at radius 1 is 0.860 bits per heavy atom. The summed E-state index contributed by atoms with van der Waals surface area (Å²) in [6.45, 7) is 14.4. The van der Waals surface area contributed by atoms with Crippen molar-refractivity contribution >= 4 is 35.2 Å². The van der Waals surface area contributed by atoms with Gasteiger partial charge in [-0.3, -0.25) is 0 Å². The van der Waals surface area contributed by atoms with Gasteiger partial charge >= 0.3 is 0 Å². The summed E-state index contributed by atoms with van der Waals surface area (Å²) in [5, 5.41) is 2.45. The molecule has 3 nitrogen and oxygen atoms in total. The molecule has 0 aliphatic carbocycles. The number of nitrogens with zero attached hydrogens (tertiary/aromatic N) is 2. The van der Waals surface area contributed by atoms with Gasteiger partial charge in [-0.1, -0.05) is 87.6 Å². The number of halogens is 1. The van der Waals surface area contributed by atoms with E-state index in [1.54, 1.807) is 30.5 Å². The molecule has 1 radical (unpaired) electrons. The molecule has 0 saturated carbocycles. The van der Waals surface area contributed by atoms with Crippen LogP contribution in [0.2, 0.25) is 19.6 Å². The normalized spacial score (nSPS) is 12.7. The minimum absolute atomic E-state index is 0. The van der Waals surface area contributed by atoms with Crippen LogP contribution in [-0.2, 0) is 20.1 Å². The van der Waals surface area contributed by atoms with Gasteiger partial charge in [-0.15, -0.1) is 54.1 Å². The second kappa shape index (κ2) is 13.5. The van der Waals surface area contributed by atoms with Gasteiger partial charge in [0.25, 0.3) is 0 Å². The van der Waals surface area contributed by atoms with Gasteiger partial charge in [0.1, 0.15) is 11.4 Å². The predicted molar refractivity (Wildman–Crippen MR) is 175 cm³/mol. The molecular formula is C37H37FIrN2OSi-2. The Balaban J connectivity index is 0.000000204. The predicted octanol–water partition coefficient (Wildman–Crippen LogP) is 9.93. The van der Waals surface area contributed by atoms with Gasteiger partial charge in [0.2, 0.25) is 0 Å². The molecule has 0 amide bonds. The number of benzene rings is 3. The Kier molecular flexibility index (Phi) is 9.27. The van der Waals surface area contributed by atoms with E-state index in [9.17, 15) is 4.39 Å². The molecule has 6 rings (SSSR count). The summed E-state index contributed by atoms with van der Waals surface area (Å²) in [4.78, 5) is 9.01. The van der Waals surface area contributed by atoms with Crippen LogP contribution in [0.25, 0.3) is 44.5 Å². The van der Waals surface area contributed by atoms with E-state index in [0.717, 1.165) is 22.4 Å². The fourth-order valence-electron chi connectivity index (χ4n) is 4.98. The summed E-state index contributed by atoms with van der Waals surface area (Å²) in [5.74, 6) is -1.65. The first kappa shape index (κ1) is 29.6. The van der Waals surface area contributed by atoms with Crippen molar-refractivity contribution in [2.24, 2.45) is 0 Å². The van der Waals surface area contributed by atoms with Crippen molar-refractivity contribution in [1.82, 2.24) is 9.97 Å². The second-order valence-corrected chi connectivity index (χ2v) is 16.9. The number of fused-ring (bicyclic) bond motifs is 3. The molecule has 3 aromatic heterocycles. The van der Waals surface area contributed by atoms with Gasteiger partial charge in [0, 0.05) is 40.6 Å². The first-order valence-electron chi connectivity index (χ1n) is 15.1. The van der Waals surface area contributed by atoms with Crippen molar-refractivity contribution in [1.29, 1.82) is 0 Å². The first-order valence-corrected chi connectivity index (χ1v) is 17.6. The van der Waals surface area contributed by atoms with Crippen molar-refractivity contribution in [2.45, 2.75) is 59.1 Å². The van der Waals surface area contributed by atoms with Crippen molar-refractivity contribution in [3.63, 3.8) is 0 Å². The van der Waals surface area contributed by atoms with Crippen molar-refractivity contribution < 1.29 is 31.7 Å². The van der Waals surface area contributed by atoms with Crippen LogP contribution in [0.3, 0.4) is 0 Å². The van der Waals surface area contributed by atoms with Crippen molar-refractivity contribution in [3.8, 4) is 22.5 Å². The number of aromatic nitrogens is 2. The van der Waals surface area contributed by atoms with Gasteiger partial charge in [-0.2, -0.15) is 0 Å². The fraction of sp³-hybridized carbons (Fsp3) is 0.243. The molecule has 223 valence electrons. The van der Waals surface area contributed by atoms with Gasteiger partial charge in [-0.05, 0) is 46.6 Å². The Morgan fingerprint density at radius 2 is 1.65 bits per heavy atom. The smallest absolute Gasteiger partial charge is 0.133 e. The van der Waals surface area contributed by atoms with E-state index in [1.807, 2.05) is 70.3 Å². The van der Waals surface area contributed by atoms with Gasteiger partial charge in [-0.25, -0.2) is 4.39 Å². The van der Waals surface area contributed by atoms with E-state index in [-0.39, 0.29) is 25.9 Å². The molecule has 0 bridgehead atoms.